The minimum Gasteiger partial charge on any atom is -0.376 e. The highest BCUT2D eigenvalue weighted by Gasteiger charge is 2.29. The molecule has 2 rings (SSSR count). The van der Waals surface area contributed by atoms with Gasteiger partial charge in [0.25, 0.3) is 0 Å². The van der Waals surface area contributed by atoms with Gasteiger partial charge in [-0.1, -0.05) is 6.92 Å². The van der Waals surface area contributed by atoms with Crippen LogP contribution >= 0.6 is 11.3 Å². The second-order valence-corrected chi connectivity index (χ2v) is 6.29. The maximum absolute atomic E-state index is 5.65. The highest BCUT2D eigenvalue weighted by atomic mass is 32.1. The topological polar surface area (TPSA) is 37.4 Å². The summed E-state index contributed by atoms with van der Waals surface area (Å²) in [4.78, 5) is 8.36. The van der Waals surface area contributed by atoms with Crippen LogP contribution in [0.3, 0.4) is 0 Å². The molecular weight excluding hydrogens is 258 g/mol. The molecule has 0 spiro atoms. The zero-order valence-corrected chi connectivity index (χ0v) is 13.2. The second kappa shape index (κ2) is 6.68. The van der Waals surface area contributed by atoms with Crippen LogP contribution in [0.25, 0.3) is 0 Å². The van der Waals surface area contributed by atoms with E-state index in [9.17, 15) is 0 Å². The zero-order valence-electron chi connectivity index (χ0n) is 12.4. The second-order valence-electron chi connectivity index (χ2n) is 5.22. The summed E-state index contributed by atoms with van der Waals surface area (Å²) in [6.45, 7) is 9.31. The number of thiazole rings is 1. The van der Waals surface area contributed by atoms with Gasteiger partial charge in [-0.3, -0.25) is 0 Å². The van der Waals surface area contributed by atoms with E-state index in [0.717, 1.165) is 36.9 Å². The van der Waals surface area contributed by atoms with Crippen molar-refractivity contribution in [3.8, 4) is 0 Å². The third-order valence-corrected chi connectivity index (χ3v) is 4.98. The fourth-order valence-corrected chi connectivity index (χ4v) is 3.53. The van der Waals surface area contributed by atoms with E-state index in [0.29, 0.717) is 12.1 Å². The Balaban J connectivity index is 2.02. The molecule has 5 heteroatoms. The summed E-state index contributed by atoms with van der Waals surface area (Å²) in [5.74, 6) is 0. The van der Waals surface area contributed by atoms with Crippen molar-refractivity contribution in [2.75, 3.05) is 25.1 Å². The van der Waals surface area contributed by atoms with Crippen LogP contribution in [0.2, 0.25) is 0 Å². The molecule has 0 radical (unpaired) electrons. The van der Waals surface area contributed by atoms with E-state index in [1.54, 1.807) is 11.3 Å². The van der Waals surface area contributed by atoms with Gasteiger partial charge in [0.15, 0.2) is 5.13 Å². The summed E-state index contributed by atoms with van der Waals surface area (Å²) in [5.41, 5.74) is 1.15. The Kier molecular flexibility index (Phi) is 5.19. The summed E-state index contributed by atoms with van der Waals surface area (Å²) >= 11 is 1.80. The third kappa shape index (κ3) is 3.46. The zero-order chi connectivity index (χ0) is 13.8. The maximum Gasteiger partial charge on any atom is 0.185 e. The van der Waals surface area contributed by atoms with Crippen molar-refractivity contribution in [2.45, 2.75) is 52.3 Å². The van der Waals surface area contributed by atoms with Crippen molar-refractivity contribution in [1.29, 1.82) is 0 Å². The van der Waals surface area contributed by atoms with Gasteiger partial charge in [0, 0.05) is 25.1 Å². The van der Waals surface area contributed by atoms with Gasteiger partial charge in [0.1, 0.15) is 0 Å². The number of likely N-dealkylation sites (N-methyl/N-ethyl adjacent to an activating group) is 1. The van der Waals surface area contributed by atoms with Crippen LogP contribution in [0, 0.1) is 6.92 Å². The lowest BCUT2D eigenvalue weighted by atomic mass is 10.1. The number of rotatable bonds is 6. The van der Waals surface area contributed by atoms with Crippen molar-refractivity contribution < 1.29 is 4.74 Å². The standard InChI is InChI=1S/C14H25N3OS/c1-5-7-15-9-13-10(2)16-14(19-13)17(4)12-6-8-18-11(12)3/h11-12,15H,5-9H2,1-4H3. The molecule has 1 aromatic rings. The number of aromatic nitrogens is 1. The van der Waals surface area contributed by atoms with Crippen molar-refractivity contribution in [2.24, 2.45) is 0 Å². The minimum atomic E-state index is 0.302. The summed E-state index contributed by atoms with van der Waals surface area (Å²) in [6.07, 6.45) is 2.57. The Morgan fingerprint density at radius 1 is 1.53 bits per heavy atom. The molecule has 2 unspecified atom stereocenters. The molecule has 0 amide bonds. The lowest BCUT2D eigenvalue weighted by Gasteiger charge is -2.26. The monoisotopic (exact) mass is 283 g/mol. The van der Waals surface area contributed by atoms with E-state index in [4.69, 9.17) is 9.72 Å². The van der Waals surface area contributed by atoms with Crippen LogP contribution in [-0.2, 0) is 11.3 Å². The average Bonchev–Trinajstić information content (AvgIpc) is 2.96. The number of hydrogen-bond acceptors (Lipinski definition) is 5. The van der Waals surface area contributed by atoms with Gasteiger partial charge in [0.2, 0.25) is 0 Å². The number of aryl methyl sites for hydroxylation is 1. The normalized spacial score (nSPS) is 22.9. The smallest absolute Gasteiger partial charge is 0.185 e. The Hall–Kier alpha value is -0.650. The molecule has 1 aliphatic heterocycles. The Morgan fingerprint density at radius 3 is 2.95 bits per heavy atom. The van der Waals surface area contributed by atoms with Crippen molar-refractivity contribution in [3.63, 3.8) is 0 Å². The van der Waals surface area contributed by atoms with E-state index >= 15 is 0 Å². The van der Waals surface area contributed by atoms with Crippen LogP contribution in [0.15, 0.2) is 0 Å². The molecular formula is C14H25N3OS. The molecule has 1 aliphatic rings. The average molecular weight is 283 g/mol. The molecule has 2 atom stereocenters. The van der Waals surface area contributed by atoms with Crippen LogP contribution < -0.4 is 10.2 Å². The van der Waals surface area contributed by atoms with Gasteiger partial charge in [-0.05, 0) is 33.2 Å². The first-order valence-electron chi connectivity index (χ1n) is 7.15. The molecule has 0 aliphatic carbocycles. The number of nitrogens with one attached hydrogen (secondary N) is 1. The number of anilines is 1. The Bertz CT molecular complexity index is 407. The van der Waals surface area contributed by atoms with E-state index in [-0.39, 0.29) is 0 Å². The molecule has 1 aromatic heterocycles. The first-order valence-corrected chi connectivity index (χ1v) is 7.96. The van der Waals surface area contributed by atoms with E-state index in [2.05, 4.69) is 38.0 Å². The predicted molar refractivity (Wildman–Crippen MR) is 81.1 cm³/mol. The summed E-state index contributed by atoms with van der Waals surface area (Å²) < 4.78 is 5.65. The largest absolute Gasteiger partial charge is 0.376 e. The van der Waals surface area contributed by atoms with Gasteiger partial charge in [-0.15, -0.1) is 11.3 Å². The molecule has 1 fully saturated rings. The highest BCUT2D eigenvalue weighted by molar-refractivity contribution is 7.15. The highest BCUT2D eigenvalue weighted by Crippen LogP contribution is 2.30. The summed E-state index contributed by atoms with van der Waals surface area (Å²) in [5, 5.41) is 4.57. The van der Waals surface area contributed by atoms with Crippen LogP contribution in [-0.4, -0.2) is 37.3 Å². The minimum absolute atomic E-state index is 0.302. The Labute approximate surface area is 120 Å². The van der Waals surface area contributed by atoms with Crippen molar-refractivity contribution in [1.82, 2.24) is 10.3 Å². The number of ether oxygens (including phenoxy) is 1. The molecule has 0 aromatic carbocycles. The van der Waals surface area contributed by atoms with E-state index in [1.165, 1.54) is 11.3 Å². The van der Waals surface area contributed by atoms with Crippen LogP contribution in [0.1, 0.15) is 37.3 Å². The van der Waals surface area contributed by atoms with Crippen molar-refractivity contribution in [3.05, 3.63) is 10.6 Å². The quantitative estimate of drug-likeness (QED) is 0.814. The first-order chi connectivity index (χ1) is 9.13. The molecule has 2 heterocycles. The van der Waals surface area contributed by atoms with Gasteiger partial charge in [0.05, 0.1) is 17.8 Å². The fraction of sp³-hybridized carbons (Fsp3) is 0.786. The molecule has 0 saturated carbocycles. The SMILES string of the molecule is CCCNCc1sc(N(C)C2CCOC2C)nc1C. The molecule has 108 valence electrons. The van der Waals surface area contributed by atoms with E-state index < -0.39 is 0 Å². The molecule has 0 bridgehead atoms. The summed E-state index contributed by atoms with van der Waals surface area (Å²) in [7, 11) is 2.14. The fourth-order valence-electron chi connectivity index (χ4n) is 2.48. The molecule has 1 saturated heterocycles. The van der Waals surface area contributed by atoms with Gasteiger partial charge < -0.3 is 15.0 Å². The van der Waals surface area contributed by atoms with Gasteiger partial charge in [-0.2, -0.15) is 0 Å². The number of hydrogen-bond donors (Lipinski definition) is 1. The molecule has 19 heavy (non-hydrogen) atoms. The summed E-state index contributed by atoms with van der Waals surface area (Å²) in [6, 6.07) is 0.460. The van der Waals surface area contributed by atoms with Gasteiger partial charge in [-0.25, -0.2) is 4.98 Å². The van der Waals surface area contributed by atoms with E-state index in [1.807, 2.05) is 0 Å². The Morgan fingerprint density at radius 2 is 2.32 bits per heavy atom. The lowest BCUT2D eigenvalue weighted by molar-refractivity contribution is 0.118. The third-order valence-electron chi connectivity index (χ3n) is 3.73. The van der Waals surface area contributed by atoms with Gasteiger partial charge >= 0.3 is 0 Å². The number of nitrogens with zero attached hydrogens (tertiary/aromatic N) is 2. The molecule has 1 N–H and O–H groups in total. The first kappa shape index (κ1) is 14.8. The van der Waals surface area contributed by atoms with Crippen LogP contribution in [0.4, 0.5) is 5.13 Å². The molecule has 4 nitrogen and oxygen atoms in total. The van der Waals surface area contributed by atoms with Crippen LogP contribution in [0.5, 0.6) is 0 Å². The van der Waals surface area contributed by atoms with Crippen molar-refractivity contribution >= 4 is 16.5 Å². The predicted octanol–water partition coefficient (Wildman–Crippen LogP) is 2.56. The lowest BCUT2D eigenvalue weighted by Crippen LogP contribution is -2.36. The maximum atomic E-state index is 5.65.